The van der Waals surface area contributed by atoms with Crippen molar-refractivity contribution in [1.29, 1.82) is 0 Å². The Hall–Kier alpha value is -1.31. The molecule has 1 aromatic rings. The van der Waals surface area contributed by atoms with Crippen LogP contribution in [0.1, 0.15) is 18.4 Å². The van der Waals surface area contributed by atoms with E-state index in [-0.39, 0.29) is 0 Å². The third-order valence-corrected chi connectivity index (χ3v) is 2.85. The van der Waals surface area contributed by atoms with E-state index >= 15 is 0 Å². The second-order valence-corrected chi connectivity index (χ2v) is 4.04. The van der Waals surface area contributed by atoms with Crippen molar-refractivity contribution in [3.8, 4) is 0 Å². The van der Waals surface area contributed by atoms with Gasteiger partial charge in [0.1, 0.15) is 0 Å². The van der Waals surface area contributed by atoms with Crippen LogP contribution in [0.15, 0.2) is 30.3 Å². The summed E-state index contributed by atoms with van der Waals surface area (Å²) in [6.07, 6.45) is 2.47. The van der Waals surface area contributed by atoms with E-state index < -0.39 is 5.97 Å². The highest BCUT2D eigenvalue weighted by Gasteiger charge is 2.37. The normalized spacial score (nSPS) is 24.6. The molecule has 0 radical (unpaired) electrons. The van der Waals surface area contributed by atoms with Gasteiger partial charge in [0.2, 0.25) is 0 Å². The largest absolute Gasteiger partial charge is 0.481 e. The zero-order valence-electron chi connectivity index (χ0n) is 8.02. The standard InChI is InChI=1S/C12H14O2/c13-12(14)8-11-7-10(11)6-9-4-2-1-3-5-9/h1-5,10-11H,6-8H2,(H,13,14)/t10-,11+/m0/s1. The van der Waals surface area contributed by atoms with Gasteiger partial charge in [-0.1, -0.05) is 30.3 Å². The van der Waals surface area contributed by atoms with Crippen LogP contribution in [0.25, 0.3) is 0 Å². The molecule has 1 fully saturated rings. The predicted octanol–water partition coefficient (Wildman–Crippen LogP) is 2.34. The Kier molecular flexibility index (Phi) is 2.53. The van der Waals surface area contributed by atoms with Crippen LogP contribution in [0.3, 0.4) is 0 Å². The molecule has 2 heteroatoms. The molecule has 0 spiro atoms. The first-order valence-corrected chi connectivity index (χ1v) is 5.01. The second kappa shape index (κ2) is 3.82. The van der Waals surface area contributed by atoms with Gasteiger partial charge in [-0.05, 0) is 30.2 Å². The number of hydrogen-bond acceptors (Lipinski definition) is 1. The summed E-state index contributed by atoms with van der Waals surface area (Å²) in [5, 5.41) is 8.61. The molecular weight excluding hydrogens is 176 g/mol. The number of aliphatic carboxylic acids is 1. The molecule has 14 heavy (non-hydrogen) atoms. The minimum Gasteiger partial charge on any atom is -0.481 e. The van der Waals surface area contributed by atoms with Crippen molar-refractivity contribution >= 4 is 5.97 Å². The molecule has 0 unspecified atom stereocenters. The number of carboxylic acids is 1. The lowest BCUT2D eigenvalue weighted by atomic mass is 10.1. The van der Waals surface area contributed by atoms with Crippen LogP contribution in [-0.4, -0.2) is 11.1 Å². The van der Waals surface area contributed by atoms with Gasteiger partial charge in [0, 0.05) is 6.42 Å². The zero-order chi connectivity index (χ0) is 9.97. The van der Waals surface area contributed by atoms with E-state index in [0.717, 1.165) is 12.8 Å². The van der Waals surface area contributed by atoms with Gasteiger partial charge >= 0.3 is 5.97 Å². The predicted molar refractivity (Wildman–Crippen MR) is 54.0 cm³/mol. The molecule has 0 aromatic heterocycles. The smallest absolute Gasteiger partial charge is 0.303 e. The lowest BCUT2D eigenvalue weighted by Crippen LogP contribution is -1.98. The maximum Gasteiger partial charge on any atom is 0.303 e. The summed E-state index contributed by atoms with van der Waals surface area (Å²) in [6.45, 7) is 0. The molecule has 1 aromatic carbocycles. The van der Waals surface area contributed by atoms with Gasteiger partial charge in [-0.25, -0.2) is 0 Å². The van der Waals surface area contributed by atoms with E-state index in [4.69, 9.17) is 5.11 Å². The van der Waals surface area contributed by atoms with E-state index in [2.05, 4.69) is 12.1 Å². The zero-order valence-corrected chi connectivity index (χ0v) is 8.02. The molecule has 1 N–H and O–H groups in total. The highest BCUT2D eigenvalue weighted by molar-refractivity contribution is 5.67. The van der Waals surface area contributed by atoms with E-state index in [1.54, 1.807) is 0 Å². The van der Waals surface area contributed by atoms with Crippen LogP contribution in [0.4, 0.5) is 0 Å². The molecule has 0 heterocycles. The topological polar surface area (TPSA) is 37.3 Å². The van der Waals surface area contributed by atoms with Crippen LogP contribution in [0, 0.1) is 11.8 Å². The van der Waals surface area contributed by atoms with Crippen molar-refractivity contribution in [2.24, 2.45) is 11.8 Å². The van der Waals surface area contributed by atoms with Gasteiger partial charge in [-0.2, -0.15) is 0 Å². The van der Waals surface area contributed by atoms with E-state index in [9.17, 15) is 4.79 Å². The van der Waals surface area contributed by atoms with Crippen LogP contribution >= 0.6 is 0 Å². The molecule has 1 saturated carbocycles. The van der Waals surface area contributed by atoms with Gasteiger partial charge in [-0.15, -0.1) is 0 Å². The molecular formula is C12H14O2. The Morgan fingerprint density at radius 2 is 2.00 bits per heavy atom. The van der Waals surface area contributed by atoms with Crippen molar-refractivity contribution in [3.63, 3.8) is 0 Å². The summed E-state index contributed by atoms with van der Waals surface area (Å²) < 4.78 is 0. The summed E-state index contributed by atoms with van der Waals surface area (Å²) in [7, 11) is 0. The van der Waals surface area contributed by atoms with Gasteiger partial charge in [0.05, 0.1) is 0 Å². The van der Waals surface area contributed by atoms with Gasteiger partial charge in [-0.3, -0.25) is 4.79 Å². The van der Waals surface area contributed by atoms with Gasteiger partial charge in [0.15, 0.2) is 0 Å². The minimum atomic E-state index is -0.662. The Morgan fingerprint density at radius 1 is 1.29 bits per heavy atom. The van der Waals surface area contributed by atoms with Crippen LogP contribution in [0.5, 0.6) is 0 Å². The summed E-state index contributed by atoms with van der Waals surface area (Å²) >= 11 is 0. The average Bonchev–Trinajstić information content (AvgIpc) is 2.84. The van der Waals surface area contributed by atoms with Gasteiger partial charge < -0.3 is 5.11 Å². The van der Waals surface area contributed by atoms with E-state index in [0.29, 0.717) is 18.3 Å². The van der Waals surface area contributed by atoms with Crippen molar-refractivity contribution in [2.75, 3.05) is 0 Å². The number of carboxylic acid groups (broad SMARTS) is 1. The first-order valence-electron chi connectivity index (χ1n) is 5.01. The molecule has 0 aliphatic heterocycles. The molecule has 0 saturated heterocycles. The quantitative estimate of drug-likeness (QED) is 0.791. The van der Waals surface area contributed by atoms with Gasteiger partial charge in [0.25, 0.3) is 0 Å². The fourth-order valence-corrected chi connectivity index (χ4v) is 1.95. The van der Waals surface area contributed by atoms with Crippen LogP contribution < -0.4 is 0 Å². The first-order chi connectivity index (χ1) is 6.75. The van der Waals surface area contributed by atoms with E-state index in [1.807, 2.05) is 18.2 Å². The summed E-state index contributed by atoms with van der Waals surface area (Å²) in [5.74, 6) is 0.367. The fraction of sp³-hybridized carbons (Fsp3) is 0.417. The van der Waals surface area contributed by atoms with Crippen molar-refractivity contribution in [1.82, 2.24) is 0 Å². The molecule has 0 bridgehead atoms. The lowest BCUT2D eigenvalue weighted by molar-refractivity contribution is -0.137. The van der Waals surface area contributed by atoms with Crippen molar-refractivity contribution in [2.45, 2.75) is 19.3 Å². The second-order valence-electron chi connectivity index (χ2n) is 4.04. The maximum absolute atomic E-state index is 10.4. The first kappa shape index (κ1) is 9.25. The third kappa shape index (κ3) is 2.34. The molecule has 0 amide bonds. The molecule has 1 aliphatic rings. The Balaban J connectivity index is 1.82. The SMILES string of the molecule is O=C(O)C[C@H]1C[C@@H]1Cc1ccccc1. The van der Waals surface area contributed by atoms with Crippen molar-refractivity contribution < 1.29 is 9.90 Å². The molecule has 2 nitrogen and oxygen atoms in total. The summed E-state index contributed by atoms with van der Waals surface area (Å²) in [5.41, 5.74) is 1.32. The summed E-state index contributed by atoms with van der Waals surface area (Å²) in [6, 6.07) is 10.3. The van der Waals surface area contributed by atoms with Crippen molar-refractivity contribution in [3.05, 3.63) is 35.9 Å². The minimum absolute atomic E-state index is 0.345. The number of rotatable bonds is 4. The van der Waals surface area contributed by atoms with E-state index in [1.165, 1.54) is 5.56 Å². The lowest BCUT2D eigenvalue weighted by Gasteiger charge is -1.98. The fourth-order valence-electron chi connectivity index (χ4n) is 1.95. The number of carbonyl (C=O) groups is 1. The number of hydrogen-bond donors (Lipinski definition) is 1. The Morgan fingerprint density at radius 3 is 2.64 bits per heavy atom. The molecule has 2 atom stereocenters. The number of benzene rings is 1. The highest BCUT2D eigenvalue weighted by Crippen LogP contribution is 2.43. The Bertz CT molecular complexity index is 318. The van der Waals surface area contributed by atoms with Crippen LogP contribution in [0.2, 0.25) is 0 Å². The molecule has 1 aliphatic carbocycles. The highest BCUT2D eigenvalue weighted by atomic mass is 16.4. The summed E-state index contributed by atoms with van der Waals surface area (Å²) in [4.78, 5) is 10.4. The maximum atomic E-state index is 10.4. The molecule has 2 rings (SSSR count). The molecule has 74 valence electrons. The van der Waals surface area contributed by atoms with Crippen LogP contribution in [-0.2, 0) is 11.2 Å². The Labute approximate surface area is 83.6 Å². The average molecular weight is 190 g/mol. The monoisotopic (exact) mass is 190 g/mol. The third-order valence-electron chi connectivity index (χ3n) is 2.85.